The largest absolute Gasteiger partial charge is 0.367 e. The van der Waals surface area contributed by atoms with Crippen LogP contribution in [0.25, 0.3) is 0 Å². The Bertz CT molecular complexity index is 406. The van der Waals surface area contributed by atoms with Crippen molar-refractivity contribution in [1.82, 2.24) is 0 Å². The zero-order chi connectivity index (χ0) is 17.2. The monoisotopic (exact) mass is 375 g/mol. The Kier molecular flexibility index (Phi) is 6.83. The standard InChI is InChI=1S/C18H31O4S2/c19-16(20)10-23-15-6-2-5-14-8-12-3-1-4-13(7-12)9-18(14,15)24-11-17(21)22/h12-13,15-17,19-22H,1-11H2. The molecule has 0 aromatic carbocycles. The summed E-state index contributed by atoms with van der Waals surface area (Å²) in [7, 11) is 0. The Morgan fingerprint density at radius 1 is 0.958 bits per heavy atom. The molecule has 2 bridgehead atoms. The maximum Gasteiger partial charge on any atom is 0.160 e. The average Bonchev–Trinajstić information content (AvgIpc) is 2.64. The summed E-state index contributed by atoms with van der Waals surface area (Å²) in [4.78, 5) is 0. The predicted molar refractivity (Wildman–Crippen MR) is 99.7 cm³/mol. The van der Waals surface area contributed by atoms with Gasteiger partial charge in [0.1, 0.15) is 0 Å². The highest BCUT2D eigenvalue weighted by atomic mass is 32.2. The van der Waals surface area contributed by atoms with Crippen molar-refractivity contribution in [3.8, 4) is 0 Å². The normalized spacial score (nSPS) is 37.5. The van der Waals surface area contributed by atoms with E-state index in [-0.39, 0.29) is 4.75 Å². The third kappa shape index (κ3) is 4.44. The van der Waals surface area contributed by atoms with E-state index in [0.29, 0.717) is 16.8 Å². The first-order chi connectivity index (χ1) is 11.5. The molecule has 0 heterocycles. The highest BCUT2D eigenvalue weighted by Gasteiger charge is 2.52. The van der Waals surface area contributed by atoms with Gasteiger partial charge in [-0.25, -0.2) is 0 Å². The second-order valence-corrected chi connectivity index (χ2v) is 10.4. The van der Waals surface area contributed by atoms with Gasteiger partial charge in [0.2, 0.25) is 0 Å². The number of aliphatic hydroxyl groups excluding tert-OH is 2. The van der Waals surface area contributed by atoms with E-state index in [4.69, 9.17) is 0 Å². The van der Waals surface area contributed by atoms with E-state index < -0.39 is 12.6 Å². The zero-order valence-corrected chi connectivity index (χ0v) is 15.9. The topological polar surface area (TPSA) is 80.9 Å². The second-order valence-electron chi connectivity index (χ2n) is 7.79. The van der Waals surface area contributed by atoms with E-state index in [1.807, 2.05) is 0 Å². The third-order valence-corrected chi connectivity index (χ3v) is 9.42. The quantitative estimate of drug-likeness (QED) is 0.534. The third-order valence-electron chi connectivity index (χ3n) is 6.02. The first-order valence-corrected chi connectivity index (χ1v) is 11.4. The second kappa shape index (κ2) is 8.49. The minimum absolute atomic E-state index is 0.00866. The Morgan fingerprint density at radius 3 is 2.46 bits per heavy atom. The number of aliphatic hydroxyl groups is 4. The molecule has 3 rings (SSSR count). The van der Waals surface area contributed by atoms with Crippen LogP contribution in [0.5, 0.6) is 0 Å². The molecule has 24 heavy (non-hydrogen) atoms. The van der Waals surface area contributed by atoms with Crippen molar-refractivity contribution >= 4 is 23.5 Å². The minimum Gasteiger partial charge on any atom is -0.367 e. The molecule has 0 saturated heterocycles. The van der Waals surface area contributed by atoms with Gasteiger partial charge in [-0.2, -0.15) is 11.8 Å². The molecule has 3 saturated carbocycles. The number of rotatable bonds is 6. The maximum absolute atomic E-state index is 9.47. The van der Waals surface area contributed by atoms with Crippen LogP contribution in [0.2, 0.25) is 0 Å². The molecular formula is C18H31O4S2. The van der Waals surface area contributed by atoms with Crippen LogP contribution < -0.4 is 0 Å². The first-order valence-electron chi connectivity index (χ1n) is 9.32. The molecule has 0 aromatic heterocycles. The molecule has 0 amide bonds. The summed E-state index contributed by atoms with van der Waals surface area (Å²) in [6.45, 7) is 0. The van der Waals surface area contributed by atoms with Gasteiger partial charge in [-0.3, -0.25) is 0 Å². The lowest BCUT2D eigenvalue weighted by Gasteiger charge is -2.49. The van der Waals surface area contributed by atoms with Crippen molar-refractivity contribution in [1.29, 1.82) is 0 Å². The maximum atomic E-state index is 9.47. The van der Waals surface area contributed by atoms with Crippen molar-refractivity contribution in [2.45, 2.75) is 80.4 Å². The lowest BCUT2D eigenvalue weighted by Crippen LogP contribution is -2.48. The van der Waals surface area contributed by atoms with Gasteiger partial charge in [0.05, 0.1) is 0 Å². The van der Waals surface area contributed by atoms with Gasteiger partial charge in [0.15, 0.2) is 12.6 Å². The number of thioether (sulfide) groups is 2. The Morgan fingerprint density at radius 2 is 1.71 bits per heavy atom. The fourth-order valence-corrected chi connectivity index (χ4v) is 8.34. The van der Waals surface area contributed by atoms with E-state index in [1.165, 1.54) is 38.5 Å². The summed E-state index contributed by atoms with van der Waals surface area (Å²) in [6, 6.07) is 0. The molecule has 3 fully saturated rings. The molecule has 3 aliphatic carbocycles. The molecule has 4 unspecified atom stereocenters. The Hall–Kier alpha value is 0.540. The van der Waals surface area contributed by atoms with E-state index in [0.717, 1.165) is 31.1 Å². The van der Waals surface area contributed by atoms with E-state index in [1.54, 1.807) is 29.4 Å². The Labute approximate surface area is 153 Å². The van der Waals surface area contributed by atoms with Crippen LogP contribution >= 0.6 is 23.5 Å². The molecule has 6 heteroatoms. The molecule has 4 atom stereocenters. The minimum atomic E-state index is -1.27. The van der Waals surface area contributed by atoms with Crippen LogP contribution in [-0.4, -0.2) is 54.5 Å². The van der Waals surface area contributed by atoms with Crippen molar-refractivity contribution in [2.75, 3.05) is 11.5 Å². The molecular weight excluding hydrogens is 344 g/mol. The number of hydrogen-bond donors (Lipinski definition) is 4. The smallest absolute Gasteiger partial charge is 0.160 e. The summed E-state index contributed by atoms with van der Waals surface area (Å²) in [5.41, 5.74) is 0. The summed E-state index contributed by atoms with van der Waals surface area (Å²) >= 11 is 3.42. The SMILES string of the molecule is OC(O)CSC1CCC[C]2CC3CCCC(C3)CC21SCC(O)O. The zero-order valence-electron chi connectivity index (χ0n) is 14.3. The van der Waals surface area contributed by atoms with Crippen LogP contribution in [0.15, 0.2) is 0 Å². The van der Waals surface area contributed by atoms with Crippen molar-refractivity contribution < 1.29 is 20.4 Å². The lowest BCUT2D eigenvalue weighted by atomic mass is 9.73. The van der Waals surface area contributed by atoms with Gasteiger partial charge in [0.25, 0.3) is 0 Å². The fourth-order valence-electron chi connectivity index (χ4n) is 5.17. The molecule has 0 spiro atoms. The highest BCUT2D eigenvalue weighted by Crippen LogP contribution is 2.59. The van der Waals surface area contributed by atoms with Crippen LogP contribution in [0.3, 0.4) is 0 Å². The van der Waals surface area contributed by atoms with E-state index in [2.05, 4.69) is 0 Å². The van der Waals surface area contributed by atoms with Crippen molar-refractivity contribution in [3.63, 3.8) is 0 Å². The van der Waals surface area contributed by atoms with Gasteiger partial charge >= 0.3 is 0 Å². The van der Waals surface area contributed by atoms with E-state index in [9.17, 15) is 20.4 Å². The van der Waals surface area contributed by atoms with Gasteiger partial charge in [-0.15, -0.1) is 11.8 Å². The molecule has 139 valence electrons. The van der Waals surface area contributed by atoms with E-state index >= 15 is 0 Å². The van der Waals surface area contributed by atoms with Crippen LogP contribution in [-0.2, 0) is 0 Å². The fraction of sp³-hybridized carbons (Fsp3) is 0.944. The van der Waals surface area contributed by atoms with Crippen LogP contribution in [0.1, 0.15) is 57.8 Å². The van der Waals surface area contributed by atoms with Gasteiger partial charge in [-0.05, 0) is 49.9 Å². The molecule has 0 aliphatic heterocycles. The first kappa shape index (κ1) is 19.3. The molecule has 0 aromatic rings. The highest BCUT2D eigenvalue weighted by molar-refractivity contribution is 8.04. The molecule has 4 nitrogen and oxygen atoms in total. The van der Waals surface area contributed by atoms with Gasteiger partial charge in [0, 0.05) is 21.5 Å². The number of hydrogen-bond acceptors (Lipinski definition) is 6. The number of fused-ring (bicyclic) bond motifs is 3. The van der Waals surface area contributed by atoms with Crippen molar-refractivity contribution in [3.05, 3.63) is 5.92 Å². The van der Waals surface area contributed by atoms with Crippen LogP contribution in [0.4, 0.5) is 0 Å². The molecule has 1 radical (unpaired) electrons. The van der Waals surface area contributed by atoms with Gasteiger partial charge < -0.3 is 20.4 Å². The van der Waals surface area contributed by atoms with Gasteiger partial charge in [-0.1, -0.05) is 25.7 Å². The summed E-state index contributed by atoms with van der Waals surface area (Å²) in [6.07, 6.45) is 8.52. The van der Waals surface area contributed by atoms with Crippen LogP contribution in [0, 0.1) is 17.8 Å². The summed E-state index contributed by atoms with van der Waals surface area (Å²) in [5, 5.41) is 38.0. The van der Waals surface area contributed by atoms with Crippen molar-refractivity contribution in [2.24, 2.45) is 11.8 Å². The molecule has 4 N–H and O–H groups in total. The molecule has 3 aliphatic rings. The summed E-state index contributed by atoms with van der Waals surface area (Å²) in [5.74, 6) is 3.87. The average molecular weight is 376 g/mol. The Balaban J connectivity index is 1.84. The summed E-state index contributed by atoms with van der Waals surface area (Å²) < 4.78 is -0.00866. The predicted octanol–water partition coefficient (Wildman–Crippen LogP) is 2.54. The lowest BCUT2D eigenvalue weighted by molar-refractivity contribution is -0.0198.